The molecule has 0 N–H and O–H groups in total. The van der Waals surface area contributed by atoms with E-state index < -0.39 is 74.5 Å². The second kappa shape index (κ2) is 25.9. The van der Waals surface area contributed by atoms with Crippen LogP contribution in [0.5, 0.6) is 0 Å². The molecule has 3 heterocycles. The van der Waals surface area contributed by atoms with E-state index in [-0.39, 0.29) is 91.4 Å². The summed E-state index contributed by atoms with van der Waals surface area (Å²) in [6.45, 7) is 6.27. The van der Waals surface area contributed by atoms with E-state index in [1.165, 1.54) is 37.4 Å². The molecular weight excluding hydrogens is 1010 g/mol. The van der Waals surface area contributed by atoms with Crippen LogP contribution in [-0.2, 0) is 88.8 Å². The molecule has 72 heavy (non-hydrogen) atoms. The standard InChI is InChI=1S/C47H63N3O19S3/c1-46(18-8-32-70(54,55)56)37-33-35(71(57,58)59)11-13-39(37)48(20-24-67-30-31-68-27-26-64-4)41(46)9-6-5-7-10-42-47(2,19-23-63-3)38-34-36(72(60,61)62)12-14-40(38)49(42)21-25-66-29-28-65-22-17-45(53)69-50-43(51)15-16-44(50)52/h5-7,9-14,33-34H,8,15-32H2,1-4H3,(H2-,54,55,56,57,58,59,60,61,62)/p-2. The fourth-order valence-corrected chi connectivity index (χ4v) is 10.2. The summed E-state index contributed by atoms with van der Waals surface area (Å²) in [7, 11) is -11.3. The topological polar surface area (TPSA) is 297 Å². The predicted octanol–water partition coefficient (Wildman–Crippen LogP) is 2.70. The maximum absolute atomic E-state index is 12.3. The molecule has 398 valence electrons. The predicted molar refractivity (Wildman–Crippen MR) is 254 cm³/mol. The number of carbonyl (C=O) groups excluding carboxylic acids is 3. The van der Waals surface area contributed by atoms with E-state index in [0.29, 0.717) is 65.2 Å². The first-order chi connectivity index (χ1) is 34.0. The largest absolute Gasteiger partial charge is 0.748 e. The Labute approximate surface area is 420 Å². The van der Waals surface area contributed by atoms with Gasteiger partial charge >= 0.3 is 5.97 Å². The molecule has 22 nitrogen and oxygen atoms in total. The van der Waals surface area contributed by atoms with Crippen molar-refractivity contribution in [2.45, 2.75) is 73.0 Å². The quantitative estimate of drug-likeness (QED) is 0.0345. The lowest BCUT2D eigenvalue weighted by molar-refractivity contribution is -0.442. The lowest BCUT2D eigenvalue weighted by atomic mass is 9.76. The van der Waals surface area contributed by atoms with E-state index in [1.807, 2.05) is 22.5 Å². The number of anilines is 1. The molecular formula is C47H61N3O19S3-2. The molecule has 0 radical (unpaired) electrons. The fraction of sp³-hybridized carbons (Fsp3) is 0.532. The summed E-state index contributed by atoms with van der Waals surface area (Å²) in [4.78, 5) is 41.4. The SMILES string of the molecule is COCCOCCOCC[N+]1=C(/C=C/C=C/C=C2/N(CCOCCOCCC(=O)ON3C(=O)CCC3=O)c3ccc(S(=O)(=O)[O-])cc3C2(C)CCOC)C(C)(CCCS(=O)(=O)[O-])c2cc(S(=O)(=O)[O-])ccc21. The van der Waals surface area contributed by atoms with Gasteiger partial charge in [0.15, 0.2) is 12.3 Å². The van der Waals surface area contributed by atoms with Gasteiger partial charge in [0, 0.05) is 80.5 Å². The number of hydroxylamine groups is 2. The molecule has 3 aliphatic heterocycles. The van der Waals surface area contributed by atoms with Gasteiger partial charge in [0.05, 0.1) is 84.6 Å². The van der Waals surface area contributed by atoms with Gasteiger partial charge in [0.25, 0.3) is 11.8 Å². The highest BCUT2D eigenvalue weighted by Gasteiger charge is 2.48. The van der Waals surface area contributed by atoms with Crippen molar-refractivity contribution in [2.75, 3.05) is 104 Å². The third-order valence-electron chi connectivity index (χ3n) is 12.3. The first-order valence-corrected chi connectivity index (χ1v) is 27.4. The molecule has 5 rings (SSSR count). The molecule has 0 bridgehead atoms. The number of benzene rings is 2. The molecule has 0 saturated carbocycles. The zero-order valence-electron chi connectivity index (χ0n) is 40.6. The van der Waals surface area contributed by atoms with Crippen LogP contribution >= 0.6 is 0 Å². The second-order valence-electron chi connectivity index (χ2n) is 17.3. The van der Waals surface area contributed by atoms with Gasteiger partial charge in [-0.2, -0.15) is 4.58 Å². The van der Waals surface area contributed by atoms with Crippen LogP contribution in [0, 0.1) is 0 Å². The second-order valence-corrected chi connectivity index (χ2v) is 21.5. The van der Waals surface area contributed by atoms with Gasteiger partial charge in [-0.3, -0.25) is 9.59 Å². The number of methoxy groups -OCH3 is 2. The molecule has 2 aromatic carbocycles. The van der Waals surface area contributed by atoms with Crippen LogP contribution in [0.1, 0.15) is 63.5 Å². The van der Waals surface area contributed by atoms with E-state index in [1.54, 1.807) is 44.4 Å². The van der Waals surface area contributed by atoms with Crippen molar-refractivity contribution in [3.63, 3.8) is 0 Å². The smallest absolute Gasteiger partial charge is 0.335 e. The third kappa shape index (κ3) is 15.4. The Kier molecular flexibility index (Phi) is 20.9. The van der Waals surface area contributed by atoms with Crippen molar-refractivity contribution in [3.05, 3.63) is 83.6 Å². The number of fused-ring (bicyclic) bond motifs is 2. The number of imide groups is 1. The molecule has 25 heteroatoms. The summed E-state index contributed by atoms with van der Waals surface area (Å²) in [5, 5.41) is 0.464. The number of ether oxygens (including phenoxy) is 6. The first kappa shape index (κ1) is 58.1. The summed E-state index contributed by atoms with van der Waals surface area (Å²) in [6.07, 6.45) is 8.90. The molecule has 0 aromatic heterocycles. The summed E-state index contributed by atoms with van der Waals surface area (Å²) >= 11 is 0. The van der Waals surface area contributed by atoms with Gasteiger partial charge in [-0.05, 0) is 75.1 Å². The van der Waals surface area contributed by atoms with Crippen molar-refractivity contribution in [2.24, 2.45) is 0 Å². The summed E-state index contributed by atoms with van der Waals surface area (Å²) < 4.78 is 144. The Bertz CT molecular complexity index is 2720. The molecule has 0 spiro atoms. The van der Waals surface area contributed by atoms with E-state index in [2.05, 4.69) is 0 Å². The van der Waals surface area contributed by atoms with Crippen molar-refractivity contribution < 1.29 is 91.1 Å². The number of rotatable bonds is 31. The van der Waals surface area contributed by atoms with Gasteiger partial charge in [-0.25, -0.2) is 30.0 Å². The number of allylic oxidation sites excluding steroid dienone is 6. The minimum absolute atomic E-state index is 0.0256. The average molecular weight is 1070 g/mol. The van der Waals surface area contributed by atoms with Crippen molar-refractivity contribution in [1.29, 1.82) is 0 Å². The van der Waals surface area contributed by atoms with Crippen LogP contribution in [0.3, 0.4) is 0 Å². The Morgan fingerprint density at radius 1 is 0.694 bits per heavy atom. The zero-order valence-corrected chi connectivity index (χ0v) is 43.1. The number of hydrogen-bond acceptors (Lipinski definition) is 20. The maximum atomic E-state index is 12.3. The molecule has 0 aliphatic carbocycles. The summed E-state index contributed by atoms with van der Waals surface area (Å²) in [5.74, 6) is -2.66. The van der Waals surface area contributed by atoms with Gasteiger partial charge in [0.1, 0.15) is 26.8 Å². The molecule has 3 aliphatic rings. The molecule has 1 saturated heterocycles. The van der Waals surface area contributed by atoms with Crippen molar-refractivity contribution in [1.82, 2.24) is 5.06 Å². The Morgan fingerprint density at radius 3 is 1.90 bits per heavy atom. The highest BCUT2D eigenvalue weighted by Crippen LogP contribution is 2.51. The summed E-state index contributed by atoms with van der Waals surface area (Å²) in [6, 6.07) is 8.16. The number of nitrogens with zero attached hydrogens (tertiary/aromatic N) is 3. The molecule has 2 atom stereocenters. The molecule has 2 unspecified atom stereocenters. The Balaban J connectivity index is 1.41. The van der Waals surface area contributed by atoms with Crippen LogP contribution in [0.15, 0.2) is 82.3 Å². The van der Waals surface area contributed by atoms with Crippen molar-refractivity contribution in [3.8, 4) is 0 Å². The number of hydrogen-bond donors (Lipinski definition) is 0. The Morgan fingerprint density at radius 2 is 1.28 bits per heavy atom. The minimum atomic E-state index is -4.90. The van der Waals surface area contributed by atoms with Crippen LogP contribution in [0.4, 0.5) is 11.4 Å². The Hall–Kier alpha value is -4.77. The van der Waals surface area contributed by atoms with Gasteiger partial charge < -0.3 is 51.8 Å². The minimum Gasteiger partial charge on any atom is -0.748 e. The molecule has 1 fully saturated rings. The highest BCUT2D eigenvalue weighted by molar-refractivity contribution is 7.86. The third-order valence-corrected chi connectivity index (χ3v) is 14.8. The number of carbonyl (C=O) groups is 3. The van der Waals surface area contributed by atoms with E-state index in [4.69, 9.17) is 33.3 Å². The monoisotopic (exact) mass is 1070 g/mol. The van der Waals surface area contributed by atoms with Gasteiger partial charge in [0.2, 0.25) is 5.69 Å². The van der Waals surface area contributed by atoms with E-state index in [9.17, 15) is 53.3 Å². The van der Waals surface area contributed by atoms with Crippen LogP contribution < -0.4 is 4.90 Å². The average Bonchev–Trinajstić information content (AvgIpc) is 3.84. The molecule has 2 aromatic rings. The van der Waals surface area contributed by atoms with Gasteiger partial charge in [-0.15, -0.1) is 5.06 Å². The fourth-order valence-electron chi connectivity index (χ4n) is 8.71. The highest BCUT2D eigenvalue weighted by atomic mass is 32.2. The van der Waals surface area contributed by atoms with Gasteiger partial charge in [-0.1, -0.05) is 18.2 Å². The normalized spacial score (nSPS) is 20.0. The van der Waals surface area contributed by atoms with E-state index >= 15 is 0 Å². The van der Waals surface area contributed by atoms with E-state index in [0.717, 1.165) is 0 Å². The lowest BCUT2D eigenvalue weighted by Crippen LogP contribution is -2.32. The number of amides is 2. The van der Waals surface area contributed by atoms with Crippen molar-refractivity contribution >= 4 is 65.2 Å². The van der Waals surface area contributed by atoms with Crippen LogP contribution in [-0.4, -0.2) is 171 Å². The lowest BCUT2D eigenvalue weighted by Gasteiger charge is -2.30. The maximum Gasteiger partial charge on any atom is 0.335 e. The first-order valence-electron chi connectivity index (χ1n) is 23.0. The molecule has 2 amide bonds. The van der Waals surface area contributed by atoms with Crippen LogP contribution in [0.25, 0.3) is 0 Å². The summed E-state index contributed by atoms with van der Waals surface area (Å²) in [5.41, 5.74) is 1.49. The zero-order chi connectivity index (χ0) is 52.7. The van der Waals surface area contributed by atoms with Crippen LogP contribution in [0.2, 0.25) is 0 Å².